The summed E-state index contributed by atoms with van der Waals surface area (Å²) in [6, 6.07) is -2.34. The lowest BCUT2D eigenvalue weighted by molar-refractivity contribution is -0.139. The molecule has 0 aromatic carbocycles. The maximum absolute atomic E-state index is 11.5. The highest BCUT2D eigenvalue weighted by Crippen LogP contribution is 2.04. The zero-order valence-corrected chi connectivity index (χ0v) is 11.1. The van der Waals surface area contributed by atoms with Crippen molar-refractivity contribution < 1.29 is 19.5 Å². The maximum Gasteiger partial charge on any atom is 0.326 e. The van der Waals surface area contributed by atoms with Crippen molar-refractivity contribution in [3.63, 3.8) is 0 Å². The van der Waals surface area contributed by atoms with E-state index in [2.05, 4.69) is 16.0 Å². The van der Waals surface area contributed by atoms with Crippen LogP contribution in [0.5, 0.6) is 0 Å². The Kier molecular flexibility index (Phi) is 6.77. The highest BCUT2D eigenvalue weighted by atomic mass is 16.4. The number of urea groups is 1. The van der Waals surface area contributed by atoms with Gasteiger partial charge in [-0.1, -0.05) is 13.8 Å². The summed E-state index contributed by atoms with van der Waals surface area (Å²) in [5, 5.41) is 16.0. The highest BCUT2D eigenvalue weighted by Gasteiger charge is 2.22. The first kappa shape index (κ1) is 16.2. The van der Waals surface area contributed by atoms with Crippen molar-refractivity contribution in [2.24, 2.45) is 5.92 Å². The molecular formula is C11H21N3O4. The largest absolute Gasteiger partial charge is 0.480 e. The normalized spacial score (nSPS) is 13.6. The number of carboxylic acids is 1. The van der Waals surface area contributed by atoms with Crippen LogP contribution < -0.4 is 16.0 Å². The summed E-state index contributed by atoms with van der Waals surface area (Å²) in [7, 11) is 1.46. The van der Waals surface area contributed by atoms with Crippen LogP contribution in [0, 0.1) is 5.92 Å². The van der Waals surface area contributed by atoms with Crippen LogP contribution in [0.4, 0.5) is 4.79 Å². The molecule has 0 fully saturated rings. The standard InChI is InChI=1S/C11H21N3O4/c1-6(2)5-8(10(16)17)14-11(18)13-7(3)9(15)12-4/h6-8H,5H2,1-4H3,(H,12,15)(H,16,17)(H2,13,14,18). The third-order valence-corrected chi connectivity index (χ3v) is 2.30. The van der Waals surface area contributed by atoms with Crippen molar-refractivity contribution in [2.75, 3.05) is 7.05 Å². The van der Waals surface area contributed by atoms with Gasteiger partial charge in [-0.2, -0.15) is 0 Å². The molecule has 0 radical (unpaired) electrons. The van der Waals surface area contributed by atoms with Gasteiger partial charge in [0.1, 0.15) is 12.1 Å². The van der Waals surface area contributed by atoms with Gasteiger partial charge >= 0.3 is 12.0 Å². The molecule has 2 unspecified atom stereocenters. The summed E-state index contributed by atoms with van der Waals surface area (Å²) in [5.74, 6) is -1.30. The molecule has 0 aliphatic carbocycles. The lowest BCUT2D eigenvalue weighted by Crippen LogP contribution is -2.52. The first-order valence-electron chi connectivity index (χ1n) is 5.79. The monoisotopic (exact) mass is 259 g/mol. The molecule has 0 heterocycles. The van der Waals surface area contributed by atoms with Crippen molar-refractivity contribution in [1.29, 1.82) is 0 Å². The summed E-state index contributed by atoms with van der Waals surface area (Å²) in [4.78, 5) is 33.6. The second kappa shape index (κ2) is 7.52. The Hall–Kier alpha value is -1.79. The first-order chi connectivity index (χ1) is 8.27. The smallest absolute Gasteiger partial charge is 0.326 e. The molecule has 7 nitrogen and oxygen atoms in total. The van der Waals surface area contributed by atoms with Crippen LogP contribution in [0.25, 0.3) is 0 Å². The van der Waals surface area contributed by atoms with E-state index in [1.165, 1.54) is 14.0 Å². The number of nitrogens with one attached hydrogen (secondary N) is 3. The SMILES string of the molecule is CNC(=O)C(C)NC(=O)NC(CC(C)C)C(=O)O. The van der Waals surface area contributed by atoms with Gasteiger partial charge < -0.3 is 21.1 Å². The molecule has 0 saturated carbocycles. The second-order valence-electron chi connectivity index (χ2n) is 4.47. The number of carboxylic acid groups (broad SMARTS) is 1. The minimum absolute atomic E-state index is 0.141. The third kappa shape index (κ3) is 6.07. The van der Waals surface area contributed by atoms with Crippen LogP contribution in [-0.2, 0) is 9.59 Å². The molecule has 0 spiro atoms. The van der Waals surface area contributed by atoms with E-state index in [1.807, 2.05) is 13.8 Å². The molecular weight excluding hydrogens is 238 g/mol. The minimum Gasteiger partial charge on any atom is -0.480 e. The number of likely N-dealkylation sites (N-methyl/N-ethyl adjacent to an activating group) is 1. The predicted octanol–water partition coefficient (Wildman–Crippen LogP) is -0.0806. The second-order valence-corrected chi connectivity index (χ2v) is 4.47. The van der Waals surface area contributed by atoms with Gasteiger partial charge in [-0.15, -0.1) is 0 Å². The average molecular weight is 259 g/mol. The molecule has 104 valence electrons. The number of rotatable bonds is 6. The van der Waals surface area contributed by atoms with Crippen LogP contribution in [0.1, 0.15) is 27.2 Å². The lowest BCUT2D eigenvalue weighted by atomic mass is 10.0. The third-order valence-electron chi connectivity index (χ3n) is 2.30. The van der Waals surface area contributed by atoms with Gasteiger partial charge in [0.05, 0.1) is 0 Å². The molecule has 0 aromatic heterocycles. The van der Waals surface area contributed by atoms with E-state index in [0.717, 1.165) is 0 Å². The topological polar surface area (TPSA) is 108 Å². The predicted molar refractivity (Wildman–Crippen MR) is 66.1 cm³/mol. The van der Waals surface area contributed by atoms with E-state index >= 15 is 0 Å². The van der Waals surface area contributed by atoms with E-state index in [0.29, 0.717) is 6.42 Å². The van der Waals surface area contributed by atoms with Gasteiger partial charge in [-0.3, -0.25) is 4.79 Å². The van der Waals surface area contributed by atoms with Crippen molar-refractivity contribution >= 4 is 17.9 Å². The minimum atomic E-state index is -1.09. The summed E-state index contributed by atoms with van der Waals surface area (Å²) in [5.41, 5.74) is 0. The van der Waals surface area contributed by atoms with E-state index in [1.54, 1.807) is 0 Å². The Morgan fingerprint density at radius 2 is 1.67 bits per heavy atom. The fraction of sp³-hybridized carbons (Fsp3) is 0.727. The Bertz CT molecular complexity index is 317. The number of aliphatic carboxylic acids is 1. The van der Waals surface area contributed by atoms with E-state index in [-0.39, 0.29) is 11.8 Å². The van der Waals surface area contributed by atoms with Crippen molar-refractivity contribution in [3.8, 4) is 0 Å². The van der Waals surface area contributed by atoms with Gasteiger partial charge in [0, 0.05) is 7.05 Å². The van der Waals surface area contributed by atoms with Crippen molar-refractivity contribution in [3.05, 3.63) is 0 Å². The molecule has 18 heavy (non-hydrogen) atoms. The number of carbonyl (C=O) groups excluding carboxylic acids is 2. The number of hydrogen-bond acceptors (Lipinski definition) is 3. The zero-order valence-electron chi connectivity index (χ0n) is 11.1. The summed E-state index contributed by atoms with van der Waals surface area (Å²) < 4.78 is 0. The molecule has 0 aliphatic heterocycles. The summed E-state index contributed by atoms with van der Waals surface area (Å²) >= 11 is 0. The van der Waals surface area contributed by atoms with Gasteiger partial charge in [0.2, 0.25) is 5.91 Å². The number of hydrogen-bond donors (Lipinski definition) is 4. The molecule has 4 N–H and O–H groups in total. The zero-order chi connectivity index (χ0) is 14.3. The van der Waals surface area contributed by atoms with Crippen LogP contribution in [0.2, 0.25) is 0 Å². The average Bonchev–Trinajstić information content (AvgIpc) is 2.25. The summed E-state index contributed by atoms with van der Waals surface area (Å²) in [6.45, 7) is 5.24. The van der Waals surface area contributed by atoms with Gasteiger partial charge in [-0.05, 0) is 19.3 Å². The Morgan fingerprint density at radius 3 is 2.06 bits per heavy atom. The molecule has 0 aromatic rings. The molecule has 0 rings (SSSR count). The number of carbonyl (C=O) groups is 3. The Morgan fingerprint density at radius 1 is 1.11 bits per heavy atom. The van der Waals surface area contributed by atoms with Crippen LogP contribution >= 0.6 is 0 Å². The highest BCUT2D eigenvalue weighted by molar-refractivity contribution is 5.88. The Balaban J connectivity index is 4.34. The molecule has 0 aliphatic rings. The Labute approximate surface area is 106 Å². The van der Waals surface area contributed by atoms with Crippen LogP contribution in [-0.4, -0.2) is 42.1 Å². The maximum atomic E-state index is 11.5. The van der Waals surface area contributed by atoms with Gasteiger partial charge in [0.15, 0.2) is 0 Å². The fourth-order valence-electron chi connectivity index (χ4n) is 1.37. The van der Waals surface area contributed by atoms with E-state index in [9.17, 15) is 14.4 Å². The first-order valence-corrected chi connectivity index (χ1v) is 5.79. The van der Waals surface area contributed by atoms with Crippen molar-refractivity contribution in [1.82, 2.24) is 16.0 Å². The van der Waals surface area contributed by atoms with Crippen LogP contribution in [0.15, 0.2) is 0 Å². The van der Waals surface area contributed by atoms with Gasteiger partial charge in [-0.25, -0.2) is 9.59 Å². The molecule has 3 amide bonds. The lowest BCUT2D eigenvalue weighted by Gasteiger charge is -2.18. The molecule has 0 saturated heterocycles. The fourth-order valence-corrected chi connectivity index (χ4v) is 1.37. The molecule has 2 atom stereocenters. The van der Waals surface area contributed by atoms with Gasteiger partial charge in [0.25, 0.3) is 0 Å². The quantitative estimate of drug-likeness (QED) is 0.535. The van der Waals surface area contributed by atoms with E-state index in [4.69, 9.17) is 5.11 Å². The summed E-state index contributed by atoms with van der Waals surface area (Å²) in [6.07, 6.45) is 0.330. The van der Waals surface area contributed by atoms with Crippen LogP contribution in [0.3, 0.4) is 0 Å². The van der Waals surface area contributed by atoms with E-state index < -0.39 is 24.1 Å². The van der Waals surface area contributed by atoms with Crippen molar-refractivity contribution in [2.45, 2.75) is 39.3 Å². The molecule has 7 heteroatoms. The number of amides is 3. The molecule has 0 bridgehead atoms.